The third-order valence-electron chi connectivity index (χ3n) is 2.67. The molecule has 0 aliphatic carbocycles. The summed E-state index contributed by atoms with van der Waals surface area (Å²) in [5, 5.41) is 4.66. The molecule has 0 bridgehead atoms. The molecule has 0 radical (unpaired) electrons. The zero-order valence-electron chi connectivity index (χ0n) is 10.6. The summed E-state index contributed by atoms with van der Waals surface area (Å²) >= 11 is 12.3. The van der Waals surface area contributed by atoms with Gasteiger partial charge in [0.15, 0.2) is 0 Å². The van der Waals surface area contributed by atoms with Crippen LogP contribution in [0.3, 0.4) is 0 Å². The summed E-state index contributed by atoms with van der Waals surface area (Å²) in [6.45, 7) is 5.04. The van der Waals surface area contributed by atoms with Gasteiger partial charge in [0.1, 0.15) is 0 Å². The van der Waals surface area contributed by atoms with Crippen molar-refractivity contribution in [3.63, 3.8) is 0 Å². The highest BCUT2D eigenvalue weighted by Gasteiger charge is 2.10. The van der Waals surface area contributed by atoms with Crippen molar-refractivity contribution in [1.29, 1.82) is 0 Å². The zero-order chi connectivity index (χ0) is 12.8. The molecular weight excluding hydrogens is 255 g/mol. The van der Waals surface area contributed by atoms with Crippen LogP contribution >= 0.6 is 23.2 Å². The fraction of sp³-hybridized carbons (Fsp3) is 0.538. The maximum Gasteiger partial charge on any atom is 0.0465 e. The highest BCUT2D eigenvalue weighted by Crippen LogP contribution is 2.25. The lowest BCUT2D eigenvalue weighted by Crippen LogP contribution is -2.29. The van der Waals surface area contributed by atoms with Gasteiger partial charge < -0.3 is 10.2 Å². The van der Waals surface area contributed by atoms with Gasteiger partial charge in [-0.05, 0) is 38.7 Å². The number of hydrogen-bond acceptors (Lipinski definition) is 2. The predicted molar refractivity (Wildman–Crippen MR) is 75.9 cm³/mol. The van der Waals surface area contributed by atoms with E-state index in [2.05, 4.69) is 24.2 Å². The Hall–Kier alpha value is -0.280. The number of nitrogens with one attached hydrogen (secondary N) is 1. The maximum atomic E-state index is 6.15. The van der Waals surface area contributed by atoms with Crippen LogP contribution in [0.25, 0.3) is 0 Å². The van der Waals surface area contributed by atoms with Crippen LogP contribution in [0.2, 0.25) is 10.0 Å². The van der Waals surface area contributed by atoms with E-state index in [4.69, 9.17) is 23.2 Å². The second-order valence-corrected chi connectivity index (χ2v) is 5.37. The van der Waals surface area contributed by atoms with Crippen LogP contribution in [0.1, 0.15) is 12.5 Å². The molecule has 0 saturated heterocycles. The van der Waals surface area contributed by atoms with Gasteiger partial charge in [-0.1, -0.05) is 36.2 Å². The molecule has 1 unspecified atom stereocenters. The van der Waals surface area contributed by atoms with Crippen LogP contribution in [0.4, 0.5) is 0 Å². The molecule has 0 fully saturated rings. The second kappa shape index (κ2) is 7.22. The summed E-state index contributed by atoms with van der Waals surface area (Å²) in [7, 11) is 4.06. The molecular formula is C13H20Cl2N2. The van der Waals surface area contributed by atoms with Crippen molar-refractivity contribution in [3.05, 3.63) is 33.8 Å². The Morgan fingerprint density at radius 3 is 2.41 bits per heavy atom. The Kier molecular flexibility index (Phi) is 6.28. The molecule has 17 heavy (non-hydrogen) atoms. The Labute approximate surface area is 114 Å². The van der Waals surface area contributed by atoms with Crippen molar-refractivity contribution in [2.45, 2.75) is 13.5 Å². The van der Waals surface area contributed by atoms with E-state index in [-0.39, 0.29) is 0 Å². The van der Waals surface area contributed by atoms with E-state index in [1.54, 1.807) is 0 Å². The summed E-state index contributed by atoms with van der Waals surface area (Å²) < 4.78 is 0. The fourth-order valence-electron chi connectivity index (χ4n) is 1.96. The Morgan fingerprint density at radius 2 is 1.88 bits per heavy atom. The van der Waals surface area contributed by atoms with Gasteiger partial charge in [-0.3, -0.25) is 0 Å². The van der Waals surface area contributed by atoms with Crippen LogP contribution in [0.5, 0.6) is 0 Å². The van der Waals surface area contributed by atoms with E-state index in [9.17, 15) is 0 Å². The summed E-state index contributed by atoms with van der Waals surface area (Å²) in [4.78, 5) is 2.25. The summed E-state index contributed by atoms with van der Waals surface area (Å²) in [5.74, 6) is 0.603. The Bertz CT molecular complexity index is 335. The van der Waals surface area contributed by atoms with Gasteiger partial charge in [0.2, 0.25) is 0 Å². The van der Waals surface area contributed by atoms with Crippen LogP contribution in [-0.2, 0) is 6.54 Å². The van der Waals surface area contributed by atoms with E-state index in [0.717, 1.165) is 35.2 Å². The summed E-state index contributed by atoms with van der Waals surface area (Å²) in [6.07, 6.45) is 0. The number of nitrogens with zero attached hydrogens (tertiary/aromatic N) is 1. The van der Waals surface area contributed by atoms with Gasteiger partial charge in [0, 0.05) is 28.7 Å². The largest absolute Gasteiger partial charge is 0.319 e. The van der Waals surface area contributed by atoms with Crippen LogP contribution in [0, 0.1) is 5.92 Å². The van der Waals surface area contributed by atoms with Crippen molar-refractivity contribution in [1.82, 2.24) is 10.2 Å². The van der Waals surface area contributed by atoms with Gasteiger partial charge in [0.25, 0.3) is 0 Å². The van der Waals surface area contributed by atoms with E-state index in [1.807, 2.05) is 25.2 Å². The second-order valence-electron chi connectivity index (χ2n) is 4.56. The molecule has 1 aromatic carbocycles. The molecule has 96 valence electrons. The third kappa shape index (κ3) is 4.84. The molecule has 1 aromatic rings. The molecule has 0 spiro atoms. The molecule has 1 N–H and O–H groups in total. The number of hydrogen-bond donors (Lipinski definition) is 1. The highest BCUT2D eigenvalue weighted by atomic mass is 35.5. The van der Waals surface area contributed by atoms with Gasteiger partial charge in [-0.25, -0.2) is 0 Å². The first-order chi connectivity index (χ1) is 8.04. The smallest absolute Gasteiger partial charge is 0.0465 e. The topological polar surface area (TPSA) is 15.3 Å². The molecule has 0 aliphatic rings. The maximum absolute atomic E-state index is 6.15. The SMILES string of the molecule is CNCC(C)CN(C)Cc1c(Cl)cccc1Cl. The fourth-order valence-corrected chi connectivity index (χ4v) is 2.48. The van der Waals surface area contributed by atoms with Crippen molar-refractivity contribution in [3.8, 4) is 0 Å². The minimum absolute atomic E-state index is 0.603. The lowest BCUT2D eigenvalue weighted by atomic mass is 10.1. The monoisotopic (exact) mass is 274 g/mol. The third-order valence-corrected chi connectivity index (χ3v) is 3.37. The lowest BCUT2D eigenvalue weighted by molar-refractivity contribution is 0.276. The minimum Gasteiger partial charge on any atom is -0.319 e. The molecule has 1 rings (SSSR count). The minimum atomic E-state index is 0.603. The first kappa shape index (κ1) is 14.8. The van der Waals surface area contributed by atoms with E-state index >= 15 is 0 Å². The normalized spacial score (nSPS) is 13.1. The molecule has 1 atom stereocenters. The van der Waals surface area contributed by atoms with Crippen LogP contribution in [0.15, 0.2) is 18.2 Å². The number of benzene rings is 1. The highest BCUT2D eigenvalue weighted by molar-refractivity contribution is 6.35. The Balaban J connectivity index is 2.59. The summed E-state index contributed by atoms with van der Waals surface area (Å²) in [5.41, 5.74) is 1.01. The summed E-state index contributed by atoms with van der Waals surface area (Å²) in [6, 6.07) is 5.64. The number of halogens is 2. The van der Waals surface area contributed by atoms with Crippen molar-refractivity contribution < 1.29 is 0 Å². The van der Waals surface area contributed by atoms with E-state index < -0.39 is 0 Å². The van der Waals surface area contributed by atoms with E-state index in [1.165, 1.54) is 0 Å². The van der Waals surface area contributed by atoms with Gasteiger partial charge in [-0.2, -0.15) is 0 Å². The average Bonchev–Trinajstić information content (AvgIpc) is 2.24. The quantitative estimate of drug-likeness (QED) is 0.857. The molecule has 0 amide bonds. The molecule has 0 aliphatic heterocycles. The van der Waals surface area contributed by atoms with E-state index in [0.29, 0.717) is 5.92 Å². The molecule has 0 saturated carbocycles. The zero-order valence-corrected chi connectivity index (χ0v) is 12.1. The molecule has 0 heterocycles. The van der Waals surface area contributed by atoms with Crippen molar-refractivity contribution >= 4 is 23.2 Å². The van der Waals surface area contributed by atoms with Gasteiger partial charge in [0.05, 0.1) is 0 Å². The molecule has 4 heteroatoms. The molecule has 0 aromatic heterocycles. The van der Waals surface area contributed by atoms with Gasteiger partial charge >= 0.3 is 0 Å². The van der Waals surface area contributed by atoms with Crippen molar-refractivity contribution in [2.24, 2.45) is 5.92 Å². The standard InChI is InChI=1S/C13H20Cl2N2/c1-10(7-16-2)8-17(3)9-11-12(14)5-4-6-13(11)15/h4-6,10,16H,7-9H2,1-3H3. The molecule has 2 nitrogen and oxygen atoms in total. The first-order valence-corrected chi connectivity index (χ1v) is 6.56. The van der Waals surface area contributed by atoms with Crippen LogP contribution in [-0.4, -0.2) is 32.1 Å². The first-order valence-electron chi connectivity index (χ1n) is 5.80. The van der Waals surface area contributed by atoms with Crippen molar-refractivity contribution in [2.75, 3.05) is 27.2 Å². The Morgan fingerprint density at radius 1 is 1.29 bits per heavy atom. The average molecular weight is 275 g/mol. The lowest BCUT2D eigenvalue weighted by Gasteiger charge is -2.22. The van der Waals surface area contributed by atoms with Gasteiger partial charge in [-0.15, -0.1) is 0 Å². The predicted octanol–water partition coefficient (Wildman–Crippen LogP) is 3.28. The number of rotatable bonds is 6. The van der Waals surface area contributed by atoms with Crippen LogP contribution < -0.4 is 5.32 Å².